The molecule has 0 aromatic heterocycles. The summed E-state index contributed by atoms with van der Waals surface area (Å²) in [5, 5.41) is 12.6. The fourth-order valence-corrected chi connectivity index (χ4v) is 7.24. The molecule has 8 nitrogen and oxygen atoms in total. The van der Waals surface area contributed by atoms with Gasteiger partial charge in [0, 0.05) is 11.0 Å². The Bertz CT molecular complexity index is 918. The Morgan fingerprint density at radius 2 is 1.84 bits per heavy atom. The highest BCUT2D eigenvalue weighted by Gasteiger charge is 2.57. The van der Waals surface area contributed by atoms with Crippen molar-refractivity contribution in [2.75, 3.05) is 18.9 Å². The standard InChI is InChI=1S/C23H34N2O6S/c24-20(21(26)27)9-16-2-4-19(5-3-16)31-15-22-10-17-8-18(11-22)13-23(12-17,14-22)25-6-1-7-32(28,29)30/h2-5,17-18,20,25H,1,6-15,24H2,(H,26,27)(H,28,29,30)/t17?,18?,20-,22?,23?/m0/s1. The Kier molecular flexibility index (Phi) is 6.55. The highest BCUT2D eigenvalue weighted by Crippen LogP contribution is 2.61. The summed E-state index contributed by atoms with van der Waals surface area (Å²) in [4.78, 5) is 10.9. The van der Waals surface area contributed by atoms with Crippen LogP contribution in [0.25, 0.3) is 0 Å². The molecule has 4 aliphatic carbocycles. The lowest BCUT2D eigenvalue weighted by atomic mass is 9.47. The fraction of sp³-hybridized carbons (Fsp3) is 0.696. The minimum atomic E-state index is -3.91. The molecule has 4 aliphatic rings. The van der Waals surface area contributed by atoms with E-state index in [1.165, 1.54) is 19.3 Å². The maximum Gasteiger partial charge on any atom is 0.320 e. The van der Waals surface area contributed by atoms with Crippen LogP contribution in [-0.4, -0.2) is 54.5 Å². The number of carbonyl (C=O) groups is 1. The zero-order valence-corrected chi connectivity index (χ0v) is 19.1. The van der Waals surface area contributed by atoms with Crippen LogP contribution in [0, 0.1) is 17.3 Å². The molecule has 9 heteroatoms. The highest BCUT2D eigenvalue weighted by atomic mass is 32.2. The zero-order valence-electron chi connectivity index (χ0n) is 18.3. The van der Waals surface area contributed by atoms with Gasteiger partial charge < -0.3 is 20.9 Å². The molecule has 0 heterocycles. The quantitative estimate of drug-likeness (QED) is 0.288. The monoisotopic (exact) mass is 466 g/mol. The van der Waals surface area contributed by atoms with E-state index in [0.717, 1.165) is 30.6 Å². The van der Waals surface area contributed by atoms with Gasteiger partial charge in [-0.05, 0) is 87.4 Å². The van der Waals surface area contributed by atoms with E-state index in [0.29, 0.717) is 31.4 Å². The van der Waals surface area contributed by atoms with Gasteiger partial charge >= 0.3 is 5.97 Å². The predicted octanol–water partition coefficient (Wildman–Crippen LogP) is 2.23. The van der Waals surface area contributed by atoms with Gasteiger partial charge in [0.25, 0.3) is 10.1 Å². The molecule has 4 saturated carbocycles. The van der Waals surface area contributed by atoms with Crippen molar-refractivity contribution < 1.29 is 27.6 Å². The van der Waals surface area contributed by atoms with Crippen molar-refractivity contribution in [2.24, 2.45) is 23.0 Å². The third-order valence-electron chi connectivity index (χ3n) is 7.50. The van der Waals surface area contributed by atoms with E-state index < -0.39 is 22.1 Å². The highest BCUT2D eigenvalue weighted by molar-refractivity contribution is 7.85. The number of hydrogen-bond acceptors (Lipinski definition) is 6. The third-order valence-corrected chi connectivity index (χ3v) is 8.31. The number of nitrogens with two attached hydrogens (primary N) is 1. The molecule has 0 spiro atoms. The molecule has 1 aromatic carbocycles. The second-order valence-electron chi connectivity index (χ2n) is 10.4. The van der Waals surface area contributed by atoms with Crippen LogP contribution in [0.2, 0.25) is 0 Å². The first-order valence-corrected chi connectivity index (χ1v) is 13.1. The molecule has 0 amide bonds. The van der Waals surface area contributed by atoms with Crippen molar-refractivity contribution in [3.63, 3.8) is 0 Å². The number of benzene rings is 1. The van der Waals surface area contributed by atoms with E-state index >= 15 is 0 Å². The summed E-state index contributed by atoms with van der Waals surface area (Å²) in [6.45, 7) is 1.25. The van der Waals surface area contributed by atoms with E-state index in [4.69, 9.17) is 20.1 Å². The molecule has 2 unspecified atom stereocenters. The Morgan fingerprint density at radius 3 is 2.44 bits per heavy atom. The van der Waals surface area contributed by atoms with E-state index in [2.05, 4.69) is 5.32 Å². The van der Waals surface area contributed by atoms with Crippen molar-refractivity contribution in [1.29, 1.82) is 0 Å². The van der Waals surface area contributed by atoms with Gasteiger partial charge in [0.1, 0.15) is 11.8 Å². The average Bonchev–Trinajstić information content (AvgIpc) is 2.69. The number of ether oxygens (including phenoxy) is 1. The first-order valence-electron chi connectivity index (χ1n) is 11.5. The van der Waals surface area contributed by atoms with Crippen LogP contribution >= 0.6 is 0 Å². The zero-order chi connectivity index (χ0) is 23.0. The molecule has 0 aliphatic heterocycles. The lowest BCUT2D eigenvalue weighted by Crippen LogP contribution is -2.63. The molecule has 178 valence electrons. The molecule has 0 radical (unpaired) electrons. The Morgan fingerprint density at radius 1 is 1.19 bits per heavy atom. The Balaban J connectivity index is 1.35. The van der Waals surface area contributed by atoms with Crippen LogP contribution in [0.15, 0.2) is 24.3 Å². The first kappa shape index (κ1) is 23.5. The van der Waals surface area contributed by atoms with Crippen molar-refractivity contribution in [2.45, 2.75) is 62.9 Å². The largest absolute Gasteiger partial charge is 0.493 e. The predicted molar refractivity (Wildman–Crippen MR) is 120 cm³/mol. The van der Waals surface area contributed by atoms with Crippen LogP contribution in [-0.2, 0) is 21.3 Å². The van der Waals surface area contributed by atoms with Gasteiger partial charge in [-0.1, -0.05) is 12.1 Å². The summed E-state index contributed by atoms with van der Waals surface area (Å²) in [6, 6.07) is 6.60. The van der Waals surface area contributed by atoms with Gasteiger partial charge in [-0.3, -0.25) is 9.35 Å². The molecule has 1 aromatic rings. The van der Waals surface area contributed by atoms with Gasteiger partial charge in [-0.2, -0.15) is 8.42 Å². The van der Waals surface area contributed by atoms with Crippen LogP contribution in [0.3, 0.4) is 0 Å². The molecule has 5 rings (SSSR count). The Hall–Kier alpha value is -1.68. The fourth-order valence-electron chi connectivity index (χ4n) is 6.74. The molecule has 0 saturated heterocycles. The molecular weight excluding hydrogens is 432 g/mol. The van der Waals surface area contributed by atoms with Gasteiger partial charge in [0.2, 0.25) is 0 Å². The van der Waals surface area contributed by atoms with Crippen LogP contribution < -0.4 is 15.8 Å². The van der Waals surface area contributed by atoms with Crippen LogP contribution in [0.1, 0.15) is 50.5 Å². The summed E-state index contributed by atoms with van der Waals surface area (Å²) in [6.07, 6.45) is 7.61. The number of aliphatic carboxylic acids is 1. The summed E-state index contributed by atoms with van der Waals surface area (Å²) >= 11 is 0. The maximum absolute atomic E-state index is 11.0. The van der Waals surface area contributed by atoms with Crippen LogP contribution in [0.4, 0.5) is 0 Å². The summed E-state index contributed by atoms with van der Waals surface area (Å²) < 4.78 is 37.2. The molecule has 4 bridgehead atoms. The molecule has 4 fully saturated rings. The number of hydrogen-bond donors (Lipinski definition) is 4. The smallest absolute Gasteiger partial charge is 0.320 e. The topological polar surface area (TPSA) is 139 Å². The van der Waals surface area contributed by atoms with Crippen molar-refractivity contribution >= 4 is 16.1 Å². The number of rotatable bonds is 11. The van der Waals surface area contributed by atoms with E-state index in [1.807, 2.05) is 24.3 Å². The first-order chi connectivity index (χ1) is 15.1. The van der Waals surface area contributed by atoms with Crippen molar-refractivity contribution in [1.82, 2.24) is 5.32 Å². The summed E-state index contributed by atoms with van der Waals surface area (Å²) in [7, 11) is -3.91. The van der Waals surface area contributed by atoms with Crippen molar-refractivity contribution in [3.05, 3.63) is 29.8 Å². The lowest BCUT2D eigenvalue weighted by molar-refractivity contribution is -0.138. The second kappa shape index (κ2) is 8.93. The lowest BCUT2D eigenvalue weighted by Gasteiger charge is -2.62. The molecule has 5 N–H and O–H groups in total. The van der Waals surface area contributed by atoms with Crippen LogP contribution in [0.5, 0.6) is 5.75 Å². The number of nitrogens with one attached hydrogen (secondary N) is 1. The van der Waals surface area contributed by atoms with Gasteiger partial charge in [0.15, 0.2) is 0 Å². The number of carboxylic acid groups (broad SMARTS) is 1. The third kappa shape index (κ3) is 5.62. The minimum Gasteiger partial charge on any atom is -0.493 e. The molecule has 32 heavy (non-hydrogen) atoms. The van der Waals surface area contributed by atoms with Gasteiger partial charge in [-0.15, -0.1) is 0 Å². The minimum absolute atomic E-state index is 0.0451. The summed E-state index contributed by atoms with van der Waals surface area (Å²) in [5.41, 5.74) is 6.66. The van der Waals surface area contributed by atoms with Crippen molar-refractivity contribution in [3.8, 4) is 5.75 Å². The maximum atomic E-state index is 11.0. The normalized spacial score (nSPS) is 32.1. The molecular formula is C23H34N2O6S. The van der Waals surface area contributed by atoms with Gasteiger partial charge in [-0.25, -0.2) is 0 Å². The number of carboxylic acids is 1. The molecule has 3 atom stereocenters. The SMILES string of the molecule is N[C@@H](Cc1ccc(OCC23CC4CC(C2)CC(NCCCS(=O)(=O)O)(C4)C3)cc1)C(=O)O. The van der Waals surface area contributed by atoms with E-state index in [9.17, 15) is 13.2 Å². The average molecular weight is 467 g/mol. The Labute approximate surface area is 189 Å². The van der Waals surface area contributed by atoms with E-state index in [1.54, 1.807) is 0 Å². The van der Waals surface area contributed by atoms with Gasteiger partial charge in [0.05, 0.1) is 12.4 Å². The van der Waals surface area contributed by atoms with E-state index in [-0.39, 0.29) is 23.1 Å². The summed E-state index contributed by atoms with van der Waals surface area (Å²) in [5.74, 6) is 0.920. The second-order valence-corrected chi connectivity index (χ2v) is 12.0.